The normalized spacial score (nSPS) is 17.3. The highest BCUT2D eigenvalue weighted by atomic mass is 16.4. The number of aromatic nitrogens is 1. The predicted molar refractivity (Wildman–Crippen MR) is 66.0 cm³/mol. The van der Waals surface area contributed by atoms with E-state index in [2.05, 4.69) is 22.8 Å². The van der Waals surface area contributed by atoms with E-state index in [0.29, 0.717) is 6.54 Å². The van der Waals surface area contributed by atoms with Crippen molar-refractivity contribution in [2.24, 2.45) is 0 Å². The average molecular weight is 227 g/mol. The molecule has 3 heteroatoms. The minimum atomic E-state index is -0.847. The van der Waals surface area contributed by atoms with Gasteiger partial charge < -0.3 is 9.67 Å². The molecule has 1 N–H and O–H groups in total. The number of fused-ring (bicyclic) bond motifs is 3. The van der Waals surface area contributed by atoms with Gasteiger partial charge in [0.05, 0.1) is 0 Å². The van der Waals surface area contributed by atoms with Crippen molar-refractivity contribution in [3.8, 4) is 0 Å². The lowest BCUT2D eigenvalue weighted by molar-refractivity contribution is -0.131. The standard InChI is InChI=1S/C14H13NO2/c16-14(17)7-10-5-6-12-8-11-3-1-2-4-13(11)15(12)9-10/h1-4,7-8H,5-6,9H2,(H,16,17). The van der Waals surface area contributed by atoms with E-state index in [9.17, 15) is 4.79 Å². The first-order chi connectivity index (χ1) is 8.24. The van der Waals surface area contributed by atoms with Crippen LogP contribution in [0.1, 0.15) is 12.1 Å². The van der Waals surface area contributed by atoms with Gasteiger partial charge >= 0.3 is 5.97 Å². The van der Waals surface area contributed by atoms with E-state index in [0.717, 1.165) is 18.4 Å². The molecular formula is C14H13NO2. The lowest BCUT2D eigenvalue weighted by Gasteiger charge is -2.18. The van der Waals surface area contributed by atoms with E-state index in [4.69, 9.17) is 5.11 Å². The summed E-state index contributed by atoms with van der Waals surface area (Å²) in [5.74, 6) is -0.847. The Bertz CT molecular complexity index is 622. The fourth-order valence-corrected chi connectivity index (χ4v) is 2.52. The third-order valence-electron chi connectivity index (χ3n) is 3.29. The Morgan fingerprint density at radius 1 is 1.29 bits per heavy atom. The van der Waals surface area contributed by atoms with Gasteiger partial charge in [0, 0.05) is 23.8 Å². The Morgan fingerprint density at radius 2 is 2.12 bits per heavy atom. The molecule has 1 aromatic carbocycles. The third-order valence-corrected chi connectivity index (χ3v) is 3.29. The van der Waals surface area contributed by atoms with Crippen molar-refractivity contribution in [3.63, 3.8) is 0 Å². The van der Waals surface area contributed by atoms with Crippen molar-refractivity contribution in [2.45, 2.75) is 19.4 Å². The van der Waals surface area contributed by atoms with E-state index in [-0.39, 0.29) is 0 Å². The number of para-hydroxylation sites is 1. The molecule has 0 amide bonds. The maximum absolute atomic E-state index is 10.7. The number of nitrogens with zero attached hydrogens (tertiary/aromatic N) is 1. The van der Waals surface area contributed by atoms with Gasteiger partial charge in [-0.15, -0.1) is 0 Å². The Balaban J connectivity index is 2.09. The lowest BCUT2D eigenvalue weighted by Crippen LogP contribution is -2.13. The molecule has 0 bridgehead atoms. The molecule has 86 valence electrons. The first kappa shape index (κ1) is 10.1. The predicted octanol–water partition coefficient (Wildman–Crippen LogP) is 2.60. The Kier molecular flexibility index (Phi) is 2.25. The summed E-state index contributed by atoms with van der Waals surface area (Å²) in [4.78, 5) is 10.7. The fourth-order valence-electron chi connectivity index (χ4n) is 2.52. The van der Waals surface area contributed by atoms with Gasteiger partial charge in [-0.2, -0.15) is 0 Å². The minimum absolute atomic E-state index is 0.704. The summed E-state index contributed by atoms with van der Waals surface area (Å²) in [7, 11) is 0. The summed E-state index contributed by atoms with van der Waals surface area (Å²) in [5.41, 5.74) is 3.48. The molecule has 0 atom stereocenters. The number of aryl methyl sites for hydroxylation is 1. The number of hydrogen-bond acceptors (Lipinski definition) is 1. The maximum atomic E-state index is 10.7. The average Bonchev–Trinajstić information content (AvgIpc) is 2.66. The molecule has 0 aliphatic carbocycles. The zero-order valence-electron chi connectivity index (χ0n) is 9.39. The van der Waals surface area contributed by atoms with E-state index in [1.807, 2.05) is 12.1 Å². The highest BCUT2D eigenvalue weighted by Gasteiger charge is 2.16. The van der Waals surface area contributed by atoms with E-state index >= 15 is 0 Å². The molecule has 0 saturated carbocycles. The van der Waals surface area contributed by atoms with Crippen LogP contribution in [-0.2, 0) is 17.8 Å². The second-order valence-electron chi connectivity index (χ2n) is 4.42. The molecule has 1 aromatic heterocycles. The van der Waals surface area contributed by atoms with Crippen molar-refractivity contribution < 1.29 is 9.90 Å². The molecule has 1 aliphatic rings. The number of hydrogen-bond donors (Lipinski definition) is 1. The molecule has 3 rings (SSSR count). The first-order valence-electron chi connectivity index (χ1n) is 5.73. The molecule has 0 unspecified atom stereocenters. The molecule has 0 saturated heterocycles. The summed E-state index contributed by atoms with van der Waals surface area (Å²) >= 11 is 0. The van der Waals surface area contributed by atoms with E-state index < -0.39 is 5.97 Å². The SMILES string of the molecule is O=C(O)C=C1CCc2cc3ccccc3n2C1. The number of allylic oxidation sites excluding steroid dienone is 1. The van der Waals surface area contributed by atoms with Gasteiger partial charge in [-0.05, 0) is 35.9 Å². The van der Waals surface area contributed by atoms with Crippen LogP contribution in [-0.4, -0.2) is 15.6 Å². The summed E-state index contributed by atoms with van der Waals surface area (Å²) in [6.07, 6.45) is 3.12. The fraction of sp³-hybridized carbons (Fsp3) is 0.214. The summed E-state index contributed by atoms with van der Waals surface area (Å²) in [6, 6.07) is 10.4. The first-order valence-corrected chi connectivity index (χ1v) is 5.73. The van der Waals surface area contributed by atoms with Crippen molar-refractivity contribution >= 4 is 16.9 Å². The molecule has 0 fully saturated rings. The maximum Gasteiger partial charge on any atom is 0.328 e. The number of carbonyl (C=O) groups is 1. The highest BCUT2D eigenvalue weighted by molar-refractivity contribution is 5.83. The smallest absolute Gasteiger partial charge is 0.328 e. The molecule has 2 heterocycles. The van der Waals surface area contributed by atoms with Gasteiger partial charge in [0.25, 0.3) is 0 Å². The van der Waals surface area contributed by atoms with Crippen LogP contribution in [0, 0.1) is 0 Å². The second kappa shape index (κ2) is 3.77. The summed E-state index contributed by atoms with van der Waals surface area (Å²) in [6.45, 7) is 0.704. The van der Waals surface area contributed by atoms with Crippen molar-refractivity contribution in [2.75, 3.05) is 0 Å². The lowest BCUT2D eigenvalue weighted by atomic mass is 10.0. The molecule has 17 heavy (non-hydrogen) atoms. The third kappa shape index (κ3) is 1.73. The zero-order chi connectivity index (χ0) is 11.8. The largest absolute Gasteiger partial charge is 0.478 e. The molecule has 1 aliphatic heterocycles. The molecular weight excluding hydrogens is 214 g/mol. The number of aliphatic carboxylic acids is 1. The Labute approximate surface area is 99.0 Å². The quantitative estimate of drug-likeness (QED) is 0.761. The van der Waals surface area contributed by atoms with Crippen LogP contribution in [0.2, 0.25) is 0 Å². The zero-order valence-corrected chi connectivity index (χ0v) is 9.39. The van der Waals surface area contributed by atoms with Crippen LogP contribution >= 0.6 is 0 Å². The Morgan fingerprint density at radius 3 is 2.94 bits per heavy atom. The summed E-state index contributed by atoms with van der Waals surface area (Å²) < 4.78 is 2.22. The number of benzene rings is 1. The van der Waals surface area contributed by atoms with Gasteiger partial charge in [0.15, 0.2) is 0 Å². The molecule has 0 radical (unpaired) electrons. The van der Waals surface area contributed by atoms with Gasteiger partial charge in [-0.3, -0.25) is 0 Å². The molecule has 2 aromatic rings. The Hall–Kier alpha value is -2.03. The van der Waals surface area contributed by atoms with Gasteiger partial charge in [-0.1, -0.05) is 18.2 Å². The minimum Gasteiger partial charge on any atom is -0.478 e. The van der Waals surface area contributed by atoms with Crippen LogP contribution in [0.4, 0.5) is 0 Å². The van der Waals surface area contributed by atoms with Crippen molar-refractivity contribution in [1.82, 2.24) is 4.57 Å². The van der Waals surface area contributed by atoms with Crippen LogP contribution in [0.5, 0.6) is 0 Å². The molecule has 0 spiro atoms. The van der Waals surface area contributed by atoms with Gasteiger partial charge in [0.1, 0.15) is 0 Å². The highest BCUT2D eigenvalue weighted by Crippen LogP contribution is 2.27. The number of carboxylic acid groups (broad SMARTS) is 1. The van der Waals surface area contributed by atoms with Crippen LogP contribution in [0.3, 0.4) is 0 Å². The second-order valence-corrected chi connectivity index (χ2v) is 4.42. The number of carboxylic acids is 1. The van der Waals surface area contributed by atoms with E-state index in [1.165, 1.54) is 22.7 Å². The summed E-state index contributed by atoms with van der Waals surface area (Å²) in [5, 5.41) is 10.0. The van der Waals surface area contributed by atoms with E-state index in [1.54, 1.807) is 0 Å². The van der Waals surface area contributed by atoms with Gasteiger partial charge in [-0.25, -0.2) is 4.79 Å². The number of rotatable bonds is 1. The van der Waals surface area contributed by atoms with Crippen LogP contribution < -0.4 is 0 Å². The van der Waals surface area contributed by atoms with Crippen LogP contribution in [0.25, 0.3) is 10.9 Å². The van der Waals surface area contributed by atoms with Crippen molar-refractivity contribution in [3.05, 3.63) is 47.7 Å². The molecule has 3 nitrogen and oxygen atoms in total. The van der Waals surface area contributed by atoms with Gasteiger partial charge in [0.2, 0.25) is 0 Å². The monoisotopic (exact) mass is 227 g/mol. The van der Waals surface area contributed by atoms with Crippen LogP contribution in [0.15, 0.2) is 42.0 Å². The van der Waals surface area contributed by atoms with Crippen molar-refractivity contribution in [1.29, 1.82) is 0 Å². The topological polar surface area (TPSA) is 42.2 Å².